The zero-order chi connectivity index (χ0) is 7.84. The van der Waals surface area contributed by atoms with Crippen LogP contribution in [0.2, 0.25) is 0 Å². The SMILES string of the molecule is Cc1nnc2[nH]ccc2c1C. The van der Waals surface area contributed by atoms with Gasteiger partial charge in [-0.2, -0.15) is 5.10 Å². The maximum Gasteiger partial charge on any atom is 0.160 e. The van der Waals surface area contributed by atoms with Gasteiger partial charge in [-0.1, -0.05) is 0 Å². The van der Waals surface area contributed by atoms with Gasteiger partial charge in [-0.25, -0.2) is 0 Å². The Bertz CT molecular complexity index is 389. The molecule has 0 aliphatic carbocycles. The molecule has 1 N–H and O–H groups in total. The first-order valence-corrected chi connectivity index (χ1v) is 3.56. The van der Waals surface area contributed by atoms with Gasteiger partial charge in [-0.3, -0.25) is 0 Å². The number of aromatic nitrogens is 3. The maximum absolute atomic E-state index is 4.00. The second-order valence-electron chi connectivity index (χ2n) is 2.65. The molecular weight excluding hydrogens is 138 g/mol. The molecule has 3 heteroatoms. The second-order valence-corrected chi connectivity index (χ2v) is 2.65. The van der Waals surface area contributed by atoms with Gasteiger partial charge in [0, 0.05) is 11.6 Å². The first kappa shape index (κ1) is 6.34. The average molecular weight is 147 g/mol. The molecular formula is C8H9N3. The molecule has 0 bridgehead atoms. The van der Waals surface area contributed by atoms with E-state index in [0.717, 1.165) is 16.7 Å². The van der Waals surface area contributed by atoms with Crippen molar-refractivity contribution in [2.45, 2.75) is 13.8 Å². The molecule has 0 fully saturated rings. The Balaban J connectivity index is 2.93. The molecule has 0 aliphatic rings. The number of hydrogen-bond donors (Lipinski definition) is 1. The van der Waals surface area contributed by atoms with Gasteiger partial charge in [0.05, 0.1) is 5.69 Å². The quantitative estimate of drug-likeness (QED) is 0.614. The minimum atomic E-state index is 0.869. The number of nitrogens with one attached hydrogen (secondary N) is 1. The normalized spacial score (nSPS) is 10.7. The summed E-state index contributed by atoms with van der Waals surface area (Å²) in [5.41, 5.74) is 3.07. The molecule has 0 amide bonds. The van der Waals surface area contributed by atoms with Crippen molar-refractivity contribution < 1.29 is 0 Å². The summed E-state index contributed by atoms with van der Waals surface area (Å²) in [6, 6.07) is 2.02. The lowest BCUT2D eigenvalue weighted by molar-refractivity contribution is 0.990. The summed E-state index contributed by atoms with van der Waals surface area (Å²) >= 11 is 0. The summed E-state index contributed by atoms with van der Waals surface area (Å²) in [6.07, 6.45) is 1.88. The van der Waals surface area contributed by atoms with Gasteiger partial charge >= 0.3 is 0 Å². The van der Waals surface area contributed by atoms with E-state index < -0.39 is 0 Å². The molecule has 0 atom stereocenters. The van der Waals surface area contributed by atoms with Crippen molar-refractivity contribution in [2.75, 3.05) is 0 Å². The van der Waals surface area contributed by atoms with Crippen LogP contribution in [0.15, 0.2) is 12.3 Å². The highest BCUT2D eigenvalue weighted by Gasteiger charge is 2.01. The highest BCUT2D eigenvalue weighted by molar-refractivity contribution is 5.78. The predicted octanol–water partition coefficient (Wildman–Crippen LogP) is 1.57. The van der Waals surface area contributed by atoms with E-state index in [1.807, 2.05) is 19.2 Å². The van der Waals surface area contributed by atoms with Crippen LogP contribution in [-0.2, 0) is 0 Å². The third kappa shape index (κ3) is 0.808. The van der Waals surface area contributed by atoms with Crippen molar-refractivity contribution in [3.63, 3.8) is 0 Å². The smallest absolute Gasteiger partial charge is 0.160 e. The molecule has 0 saturated carbocycles. The molecule has 0 radical (unpaired) electrons. The van der Waals surface area contributed by atoms with Gasteiger partial charge in [0.15, 0.2) is 5.65 Å². The van der Waals surface area contributed by atoms with Crippen LogP contribution < -0.4 is 0 Å². The third-order valence-electron chi connectivity index (χ3n) is 1.97. The van der Waals surface area contributed by atoms with Crippen LogP contribution in [0.1, 0.15) is 11.3 Å². The van der Waals surface area contributed by atoms with E-state index in [4.69, 9.17) is 0 Å². The number of aryl methyl sites for hydroxylation is 2. The molecule has 3 nitrogen and oxygen atoms in total. The highest BCUT2D eigenvalue weighted by atomic mass is 15.1. The first-order valence-electron chi connectivity index (χ1n) is 3.56. The van der Waals surface area contributed by atoms with Crippen molar-refractivity contribution >= 4 is 11.0 Å². The fraction of sp³-hybridized carbons (Fsp3) is 0.250. The topological polar surface area (TPSA) is 41.6 Å². The number of H-pyrrole nitrogens is 1. The van der Waals surface area contributed by atoms with Gasteiger partial charge in [-0.05, 0) is 25.5 Å². The number of nitrogens with zero attached hydrogens (tertiary/aromatic N) is 2. The molecule has 0 spiro atoms. The van der Waals surface area contributed by atoms with E-state index in [1.165, 1.54) is 5.56 Å². The third-order valence-corrected chi connectivity index (χ3v) is 1.97. The number of aromatic amines is 1. The average Bonchev–Trinajstić information content (AvgIpc) is 2.45. The van der Waals surface area contributed by atoms with Gasteiger partial charge in [0.2, 0.25) is 0 Å². The van der Waals surface area contributed by atoms with Crippen molar-refractivity contribution in [1.82, 2.24) is 15.2 Å². The first-order chi connectivity index (χ1) is 5.29. The summed E-state index contributed by atoms with van der Waals surface area (Å²) in [7, 11) is 0. The van der Waals surface area contributed by atoms with Crippen molar-refractivity contribution in [3.05, 3.63) is 23.5 Å². The van der Waals surface area contributed by atoms with Crippen molar-refractivity contribution in [3.8, 4) is 0 Å². The predicted molar refractivity (Wildman–Crippen MR) is 43.4 cm³/mol. The molecule has 2 rings (SSSR count). The van der Waals surface area contributed by atoms with Crippen LogP contribution in [0.25, 0.3) is 11.0 Å². The highest BCUT2D eigenvalue weighted by Crippen LogP contribution is 2.15. The fourth-order valence-electron chi connectivity index (χ4n) is 1.14. The van der Waals surface area contributed by atoms with Crippen molar-refractivity contribution in [2.24, 2.45) is 0 Å². The van der Waals surface area contributed by atoms with E-state index in [0.29, 0.717) is 0 Å². The Labute approximate surface area is 64.5 Å². The van der Waals surface area contributed by atoms with Crippen LogP contribution in [0.3, 0.4) is 0 Å². The summed E-state index contributed by atoms with van der Waals surface area (Å²) < 4.78 is 0. The molecule has 11 heavy (non-hydrogen) atoms. The van der Waals surface area contributed by atoms with Crippen molar-refractivity contribution in [1.29, 1.82) is 0 Å². The largest absolute Gasteiger partial charge is 0.345 e. The minimum Gasteiger partial charge on any atom is -0.345 e. The Hall–Kier alpha value is -1.38. The molecule has 2 aromatic rings. The zero-order valence-electron chi connectivity index (χ0n) is 6.55. The van der Waals surface area contributed by atoms with E-state index in [2.05, 4.69) is 22.1 Å². The molecule has 0 saturated heterocycles. The van der Waals surface area contributed by atoms with Gasteiger partial charge < -0.3 is 4.98 Å². The molecule has 0 unspecified atom stereocenters. The summed E-state index contributed by atoms with van der Waals surface area (Å²) in [5.74, 6) is 0. The van der Waals surface area contributed by atoms with Crippen LogP contribution in [-0.4, -0.2) is 15.2 Å². The van der Waals surface area contributed by atoms with Gasteiger partial charge in [0.25, 0.3) is 0 Å². The lowest BCUT2D eigenvalue weighted by Crippen LogP contribution is -1.90. The van der Waals surface area contributed by atoms with E-state index in [-0.39, 0.29) is 0 Å². The van der Waals surface area contributed by atoms with E-state index >= 15 is 0 Å². The Kier molecular flexibility index (Phi) is 1.18. The second kappa shape index (κ2) is 2.05. The van der Waals surface area contributed by atoms with Crippen LogP contribution >= 0.6 is 0 Å². The van der Waals surface area contributed by atoms with E-state index in [1.54, 1.807) is 0 Å². The Morgan fingerprint density at radius 3 is 2.91 bits per heavy atom. The minimum absolute atomic E-state index is 0.869. The molecule has 0 aromatic carbocycles. The lowest BCUT2D eigenvalue weighted by Gasteiger charge is -1.96. The zero-order valence-corrected chi connectivity index (χ0v) is 6.55. The maximum atomic E-state index is 4.00. The number of hydrogen-bond acceptors (Lipinski definition) is 2. The van der Waals surface area contributed by atoms with Crippen LogP contribution in [0.4, 0.5) is 0 Å². The summed E-state index contributed by atoms with van der Waals surface area (Å²) in [4.78, 5) is 3.01. The summed E-state index contributed by atoms with van der Waals surface area (Å²) in [6.45, 7) is 4.02. The van der Waals surface area contributed by atoms with Gasteiger partial charge in [0.1, 0.15) is 0 Å². The van der Waals surface area contributed by atoms with E-state index in [9.17, 15) is 0 Å². The summed E-state index contributed by atoms with van der Waals surface area (Å²) in [5, 5.41) is 9.16. The molecule has 2 aromatic heterocycles. The number of rotatable bonds is 0. The molecule has 2 heterocycles. The lowest BCUT2D eigenvalue weighted by atomic mass is 10.2. The fourth-order valence-corrected chi connectivity index (χ4v) is 1.14. The van der Waals surface area contributed by atoms with Gasteiger partial charge in [-0.15, -0.1) is 5.10 Å². The monoisotopic (exact) mass is 147 g/mol. The Morgan fingerprint density at radius 1 is 1.27 bits per heavy atom. The number of fused-ring (bicyclic) bond motifs is 1. The molecule has 56 valence electrons. The Morgan fingerprint density at radius 2 is 2.09 bits per heavy atom. The molecule has 0 aliphatic heterocycles. The standard InChI is InChI=1S/C8H9N3/c1-5-6(2)10-11-8-7(5)3-4-9-8/h3-4H,1-2H3,(H,9,11). The van der Waals surface area contributed by atoms with Crippen LogP contribution in [0, 0.1) is 13.8 Å². The van der Waals surface area contributed by atoms with Crippen LogP contribution in [0.5, 0.6) is 0 Å².